The Morgan fingerprint density at radius 3 is 2.52 bits per heavy atom. The maximum Gasteiger partial charge on any atom is 0.251 e. The molecule has 128 valence electrons. The van der Waals surface area contributed by atoms with Crippen LogP contribution < -0.4 is 15.8 Å². The summed E-state index contributed by atoms with van der Waals surface area (Å²) in [4.78, 5) is 12.1. The molecule has 0 heterocycles. The van der Waals surface area contributed by atoms with Crippen molar-refractivity contribution in [3.8, 4) is 5.75 Å². The zero-order valence-corrected chi connectivity index (χ0v) is 13.9. The summed E-state index contributed by atoms with van der Waals surface area (Å²) in [6.45, 7) is 0.000284. The highest BCUT2D eigenvalue weighted by Gasteiger charge is 2.16. The van der Waals surface area contributed by atoms with Gasteiger partial charge in [-0.05, 0) is 43.2 Å². The second-order valence-electron chi connectivity index (χ2n) is 5.51. The molecule has 1 amide bonds. The SMILES string of the molecule is Cl.NCC=C(F)COc1ccc(C(=O)NC2CCCCC2)cc1. The molecule has 1 aliphatic rings. The third-order valence-corrected chi connectivity index (χ3v) is 3.77. The molecule has 0 spiro atoms. The van der Waals surface area contributed by atoms with E-state index in [9.17, 15) is 9.18 Å². The summed E-state index contributed by atoms with van der Waals surface area (Å²) in [5, 5.41) is 3.06. The highest BCUT2D eigenvalue weighted by atomic mass is 35.5. The van der Waals surface area contributed by atoms with Gasteiger partial charge in [0.15, 0.2) is 0 Å². The lowest BCUT2D eigenvalue weighted by molar-refractivity contribution is 0.0927. The highest BCUT2D eigenvalue weighted by molar-refractivity contribution is 5.94. The monoisotopic (exact) mass is 342 g/mol. The molecule has 23 heavy (non-hydrogen) atoms. The summed E-state index contributed by atoms with van der Waals surface area (Å²) >= 11 is 0. The van der Waals surface area contributed by atoms with Crippen molar-refractivity contribution in [2.75, 3.05) is 13.2 Å². The second-order valence-corrected chi connectivity index (χ2v) is 5.51. The van der Waals surface area contributed by atoms with Crippen LogP contribution >= 0.6 is 12.4 Å². The van der Waals surface area contributed by atoms with Crippen LogP contribution in [0, 0.1) is 0 Å². The van der Waals surface area contributed by atoms with Gasteiger partial charge in [-0.25, -0.2) is 4.39 Å². The van der Waals surface area contributed by atoms with Crippen LogP contribution in [0.1, 0.15) is 42.5 Å². The molecule has 4 nitrogen and oxygen atoms in total. The minimum Gasteiger partial charge on any atom is -0.487 e. The van der Waals surface area contributed by atoms with Crippen LogP contribution in [-0.4, -0.2) is 25.1 Å². The number of halogens is 2. The van der Waals surface area contributed by atoms with Gasteiger partial charge in [0.05, 0.1) is 0 Å². The van der Waals surface area contributed by atoms with E-state index in [1.807, 2.05) is 0 Å². The van der Waals surface area contributed by atoms with Crippen molar-refractivity contribution in [2.45, 2.75) is 38.1 Å². The molecule has 1 aromatic rings. The molecule has 6 heteroatoms. The number of hydrogen-bond acceptors (Lipinski definition) is 3. The van der Waals surface area contributed by atoms with Gasteiger partial charge in [-0.15, -0.1) is 12.4 Å². The fourth-order valence-electron chi connectivity index (χ4n) is 2.56. The van der Waals surface area contributed by atoms with Crippen molar-refractivity contribution in [1.29, 1.82) is 0 Å². The van der Waals surface area contributed by atoms with Gasteiger partial charge in [-0.2, -0.15) is 0 Å². The average molecular weight is 343 g/mol. The van der Waals surface area contributed by atoms with E-state index in [1.165, 1.54) is 25.3 Å². The van der Waals surface area contributed by atoms with Crippen LogP contribution in [0.25, 0.3) is 0 Å². The van der Waals surface area contributed by atoms with Crippen LogP contribution in [0.4, 0.5) is 4.39 Å². The Morgan fingerprint density at radius 2 is 1.91 bits per heavy atom. The molecule has 0 bridgehead atoms. The molecule has 1 aliphatic carbocycles. The zero-order chi connectivity index (χ0) is 15.8. The Morgan fingerprint density at radius 1 is 1.26 bits per heavy atom. The molecule has 1 fully saturated rings. The van der Waals surface area contributed by atoms with Crippen LogP contribution in [0.2, 0.25) is 0 Å². The lowest BCUT2D eigenvalue weighted by Crippen LogP contribution is -2.36. The van der Waals surface area contributed by atoms with E-state index in [0.29, 0.717) is 11.3 Å². The Balaban J connectivity index is 0.00000264. The molecule has 0 unspecified atom stereocenters. The minimum atomic E-state index is -0.401. The fourth-order valence-corrected chi connectivity index (χ4v) is 2.56. The molecule has 0 atom stereocenters. The van der Waals surface area contributed by atoms with E-state index in [2.05, 4.69) is 5.32 Å². The van der Waals surface area contributed by atoms with Gasteiger partial charge in [0.1, 0.15) is 18.2 Å². The van der Waals surface area contributed by atoms with Crippen molar-refractivity contribution in [2.24, 2.45) is 5.73 Å². The van der Waals surface area contributed by atoms with Crippen molar-refractivity contribution in [3.05, 3.63) is 41.7 Å². The largest absolute Gasteiger partial charge is 0.487 e. The summed E-state index contributed by atoms with van der Waals surface area (Å²) in [5.74, 6) is 0.0593. The van der Waals surface area contributed by atoms with Crippen molar-refractivity contribution < 1.29 is 13.9 Å². The lowest BCUT2D eigenvalue weighted by atomic mass is 9.95. The van der Waals surface area contributed by atoms with E-state index in [-0.39, 0.29) is 37.5 Å². The fraction of sp³-hybridized carbons (Fsp3) is 0.471. The van der Waals surface area contributed by atoms with Crippen LogP contribution in [0.3, 0.4) is 0 Å². The Bertz CT molecular complexity index is 514. The number of rotatable bonds is 6. The highest BCUT2D eigenvalue weighted by Crippen LogP contribution is 2.18. The number of carbonyl (C=O) groups excluding carboxylic acids is 1. The van der Waals surface area contributed by atoms with Gasteiger partial charge in [-0.3, -0.25) is 4.79 Å². The smallest absolute Gasteiger partial charge is 0.251 e. The van der Waals surface area contributed by atoms with Gasteiger partial charge < -0.3 is 15.8 Å². The first-order valence-corrected chi connectivity index (χ1v) is 7.77. The van der Waals surface area contributed by atoms with E-state index in [0.717, 1.165) is 12.8 Å². The molecule has 2 rings (SSSR count). The normalized spacial score (nSPS) is 15.7. The Kier molecular flexibility index (Phi) is 8.66. The second kappa shape index (κ2) is 10.2. The van der Waals surface area contributed by atoms with E-state index < -0.39 is 5.83 Å². The first kappa shape index (κ1) is 19.5. The zero-order valence-electron chi connectivity index (χ0n) is 13.1. The van der Waals surface area contributed by atoms with E-state index in [4.69, 9.17) is 10.5 Å². The quantitative estimate of drug-likeness (QED) is 0.833. The van der Waals surface area contributed by atoms with Gasteiger partial charge >= 0.3 is 0 Å². The number of amides is 1. The molecule has 0 saturated heterocycles. The summed E-state index contributed by atoms with van der Waals surface area (Å²) in [5.41, 5.74) is 5.81. The summed E-state index contributed by atoms with van der Waals surface area (Å²) < 4.78 is 18.4. The standard InChI is InChI=1S/C17H23FN2O2.ClH/c18-14(10-11-19)12-22-16-8-6-13(7-9-16)17(21)20-15-4-2-1-3-5-15;/h6-10,15H,1-5,11-12,19H2,(H,20,21);1H. The maximum atomic E-state index is 13.1. The van der Waals surface area contributed by atoms with Crippen LogP contribution in [0.5, 0.6) is 5.75 Å². The summed E-state index contributed by atoms with van der Waals surface area (Å²) in [6.07, 6.45) is 7.00. The van der Waals surface area contributed by atoms with Crippen molar-refractivity contribution >= 4 is 18.3 Å². The first-order chi connectivity index (χ1) is 10.7. The van der Waals surface area contributed by atoms with Crippen LogP contribution in [0.15, 0.2) is 36.2 Å². The Hall–Kier alpha value is -1.59. The summed E-state index contributed by atoms with van der Waals surface area (Å²) in [7, 11) is 0. The van der Waals surface area contributed by atoms with Crippen LogP contribution in [-0.2, 0) is 0 Å². The predicted molar refractivity (Wildman–Crippen MR) is 91.8 cm³/mol. The first-order valence-electron chi connectivity index (χ1n) is 7.77. The summed E-state index contributed by atoms with van der Waals surface area (Å²) in [6, 6.07) is 7.01. The van der Waals surface area contributed by atoms with Gasteiger partial charge in [-0.1, -0.05) is 19.3 Å². The minimum absolute atomic E-state index is 0. The third kappa shape index (κ3) is 6.59. The van der Waals surface area contributed by atoms with E-state index in [1.54, 1.807) is 24.3 Å². The molecule has 3 N–H and O–H groups in total. The molecular weight excluding hydrogens is 319 g/mol. The van der Waals surface area contributed by atoms with E-state index >= 15 is 0 Å². The van der Waals surface area contributed by atoms with Gasteiger partial charge in [0, 0.05) is 18.2 Å². The number of benzene rings is 1. The van der Waals surface area contributed by atoms with Crippen molar-refractivity contribution in [3.63, 3.8) is 0 Å². The molecule has 0 aromatic heterocycles. The number of carbonyl (C=O) groups is 1. The lowest BCUT2D eigenvalue weighted by Gasteiger charge is -2.22. The molecule has 1 saturated carbocycles. The number of ether oxygens (including phenoxy) is 1. The van der Waals surface area contributed by atoms with Gasteiger partial charge in [0.2, 0.25) is 0 Å². The predicted octanol–water partition coefficient (Wildman–Crippen LogP) is 3.36. The molecule has 1 aromatic carbocycles. The molecule has 0 radical (unpaired) electrons. The Labute approximate surface area is 142 Å². The number of hydrogen-bond donors (Lipinski definition) is 2. The third-order valence-electron chi connectivity index (χ3n) is 3.77. The number of nitrogens with one attached hydrogen (secondary N) is 1. The maximum absolute atomic E-state index is 13.1. The molecule has 0 aliphatic heterocycles. The topological polar surface area (TPSA) is 64.3 Å². The van der Waals surface area contributed by atoms with Crippen molar-refractivity contribution in [1.82, 2.24) is 5.32 Å². The average Bonchev–Trinajstić information content (AvgIpc) is 2.54. The number of nitrogens with two attached hydrogens (primary N) is 1. The van der Waals surface area contributed by atoms with Gasteiger partial charge in [0.25, 0.3) is 5.91 Å². The molecular formula is C17H24ClFN2O2.